The molecule has 2 unspecified atom stereocenters. The molecule has 0 spiro atoms. The van der Waals surface area contributed by atoms with E-state index in [0.29, 0.717) is 38.9 Å². The molecule has 7 nitrogen and oxygen atoms in total. The van der Waals surface area contributed by atoms with Crippen LogP contribution in [-0.2, 0) is 19.1 Å². The van der Waals surface area contributed by atoms with Gasteiger partial charge in [0.1, 0.15) is 0 Å². The van der Waals surface area contributed by atoms with Crippen molar-refractivity contribution in [3.63, 3.8) is 0 Å². The quantitative estimate of drug-likeness (QED) is 0.685. The fourth-order valence-electron chi connectivity index (χ4n) is 3.01. The minimum Gasteiger partial charge on any atom is -0.481 e. The largest absolute Gasteiger partial charge is 0.481 e. The van der Waals surface area contributed by atoms with Crippen LogP contribution in [0.1, 0.15) is 46.0 Å². The summed E-state index contributed by atoms with van der Waals surface area (Å²) in [6.07, 6.45) is 1.47. The van der Waals surface area contributed by atoms with Crippen molar-refractivity contribution in [2.75, 3.05) is 26.7 Å². The molecule has 1 aliphatic heterocycles. The van der Waals surface area contributed by atoms with E-state index in [1.165, 1.54) is 0 Å². The van der Waals surface area contributed by atoms with Crippen LogP contribution in [0.15, 0.2) is 0 Å². The molecule has 0 aromatic heterocycles. The number of rotatable bonds is 9. The van der Waals surface area contributed by atoms with Gasteiger partial charge in [-0.1, -0.05) is 0 Å². The van der Waals surface area contributed by atoms with Crippen LogP contribution < -0.4 is 0 Å². The van der Waals surface area contributed by atoms with Crippen LogP contribution in [0.25, 0.3) is 0 Å². The lowest BCUT2D eigenvalue weighted by Crippen LogP contribution is -2.37. The van der Waals surface area contributed by atoms with Gasteiger partial charge < -0.3 is 19.6 Å². The number of carboxylic acid groups (broad SMARTS) is 1. The highest BCUT2D eigenvalue weighted by Crippen LogP contribution is 2.24. The average molecular weight is 328 g/mol. The lowest BCUT2D eigenvalue weighted by molar-refractivity contribution is -0.139. The van der Waals surface area contributed by atoms with Gasteiger partial charge in [-0.2, -0.15) is 0 Å². The summed E-state index contributed by atoms with van der Waals surface area (Å²) in [4.78, 5) is 38.5. The fourth-order valence-corrected chi connectivity index (χ4v) is 3.01. The number of ether oxygens (including phenoxy) is 1. The van der Waals surface area contributed by atoms with Gasteiger partial charge in [0, 0.05) is 45.6 Å². The average Bonchev–Trinajstić information content (AvgIpc) is 2.90. The predicted octanol–water partition coefficient (Wildman–Crippen LogP) is 1.12. The SMILES string of the molecule is CCN(CC)C(=O)CCCC(=O)N1CC(OC)CC1CC(=O)O. The fraction of sp³-hybridized carbons (Fsp3) is 0.812. The minimum absolute atomic E-state index is 0.0566. The van der Waals surface area contributed by atoms with E-state index in [0.717, 1.165) is 0 Å². The molecule has 1 aliphatic rings. The molecule has 0 aliphatic carbocycles. The van der Waals surface area contributed by atoms with Crippen molar-refractivity contribution in [3.8, 4) is 0 Å². The number of amides is 2. The van der Waals surface area contributed by atoms with E-state index in [1.54, 1.807) is 16.9 Å². The first kappa shape index (κ1) is 19.4. The summed E-state index contributed by atoms with van der Waals surface area (Å²) in [5, 5.41) is 8.97. The third-order valence-corrected chi connectivity index (χ3v) is 4.34. The summed E-state index contributed by atoms with van der Waals surface area (Å²) in [7, 11) is 1.57. The lowest BCUT2D eigenvalue weighted by atomic mass is 10.1. The molecule has 0 aromatic rings. The predicted molar refractivity (Wildman–Crippen MR) is 84.9 cm³/mol. The molecule has 2 amide bonds. The van der Waals surface area contributed by atoms with E-state index in [-0.39, 0.29) is 36.8 Å². The second-order valence-electron chi connectivity index (χ2n) is 5.81. The van der Waals surface area contributed by atoms with Crippen molar-refractivity contribution >= 4 is 17.8 Å². The molecule has 7 heteroatoms. The summed E-state index contributed by atoms with van der Waals surface area (Å²) in [5.74, 6) is -0.953. The summed E-state index contributed by atoms with van der Waals surface area (Å²) in [6, 6.07) is -0.316. The van der Waals surface area contributed by atoms with Gasteiger partial charge in [0.25, 0.3) is 0 Å². The number of hydrogen-bond donors (Lipinski definition) is 1. The number of carbonyl (C=O) groups is 3. The van der Waals surface area contributed by atoms with E-state index in [2.05, 4.69) is 0 Å². The number of aliphatic carboxylic acids is 1. The topological polar surface area (TPSA) is 87.2 Å². The van der Waals surface area contributed by atoms with Crippen LogP contribution in [0.4, 0.5) is 0 Å². The van der Waals surface area contributed by atoms with Crippen molar-refractivity contribution in [2.45, 2.75) is 58.1 Å². The van der Waals surface area contributed by atoms with Gasteiger partial charge in [-0.25, -0.2) is 0 Å². The maximum Gasteiger partial charge on any atom is 0.305 e. The molecule has 23 heavy (non-hydrogen) atoms. The van der Waals surface area contributed by atoms with Crippen LogP contribution in [-0.4, -0.2) is 71.6 Å². The third-order valence-electron chi connectivity index (χ3n) is 4.34. The Hall–Kier alpha value is -1.63. The minimum atomic E-state index is -0.915. The number of carboxylic acids is 1. The maximum absolute atomic E-state index is 12.3. The molecule has 1 heterocycles. The molecule has 0 bridgehead atoms. The second kappa shape index (κ2) is 9.50. The summed E-state index contributed by atoms with van der Waals surface area (Å²) in [5.41, 5.74) is 0. The molecule has 0 saturated carbocycles. The zero-order chi connectivity index (χ0) is 17.4. The number of methoxy groups -OCH3 is 1. The molecule has 0 aromatic carbocycles. The Balaban J connectivity index is 2.48. The van der Waals surface area contributed by atoms with Gasteiger partial charge in [0.2, 0.25) is 11.8 Å². The molecule has 1 saturated heterocycles. The number of carbonyl (C=O) groups excluding carboxylic acids is 2. The Bertz CT molecular complexity index is 423. The van der Waals surface area contributed by atoms with Gasteiger partial charge in [-0.3, -0.25) is 14.4 Å². The highest BCUT2D eigenvalue weighted by atomic mass is 16.5. The molecule has 1 N–H and O–H groups in total. The van der Waals surface area contributed by atoms with Crippen LogP contribution in [0.3, 0.4) is 0 Å². The lowest BCUT2D eigenvalue weighted by Gasteiger charge is -2.23. The molecule has 2 atom stereocenters. The Labute approximate surface area is 137 Å². The maximum atomic E-state index is 12.3. The van der Waals surface area contributed by atoms with Crippen molar-refractivity contribution in [2.24, 2.45) is 0 Å². The van der Waals surface area contributed by atoms with Crippen LogP contribution in [0, 0.1) is 0 Å². The van der Waals surface area contributed by atoms with E-state index in [4.69, 9.17) is 9.84 Å². The first-order chi connectivity index (χ1) is 10.9. The summed E-state index contributed by atoms with van der Waals surface area (Å²) >= 11 is 0. The van der Waals surface area contributed by atoms with E-state index >= 15 is 0 Å². The number of hydrogen-bond acceptors (Lipinski definition) is 4. The zero-order valence-corrected chi connectivity index (χ0v) is 14.3. The Morgan fingerprint density at radius 1 is 1.22 bits per heavy atom. The van der Waals surface area contributed by atoms with E-state index in [9.17, 15) is 14.4 Å². The standard InChI is InChI=1S/C16H28N2O5/c1-4-17(5-2)14(19)7-6-8-15(20)18-11-13(23-3)9-12(18)10-16(21)22/h12-13H,4-11H2,1-3H3,(H,21,22). The number of nitrogens with zero attached hydrogens (tertiary/aromatic N) is 2. The van der Waals surface area contributed by atoms with Crippen molar-refractivity contribution in [1.82, 2.24) is 9.80 Å². The Morgan fingerprint density at radius 3 is 2.39 bits per heavy atom. The molecule has 1 rings (SSSR count). The molecular weight excluding hydrogens is 300 g/mol. The van der Waals surface area contributed by atoms with Crippen LogP contribution in [0.5, 0.6) is 0 Å². The van der Waals surface area contributed by atoms with Gasteiger partial charge in [-0.15, -0.1) is 0 Å². The summed E-state index contributed by atoms with van der Waals surface area (Å²) < 4.78 is 5.26. The zero-order valence-electron chi connectivity index (χ0n) is 14.3. The highest BCUT2D eigenvalue weighted by molar-refractivity contribution is 5.80. The molecule has 0 radical (unpaired) electrons. The summed E-state index contributed by atoms with van der Waals surface area (Å²) in [6.45, 7) is 5.63. The molecular formula is C16H28N2O5. The van der Waals surface area contributed by atoms with Gasteiger partial charge in [0.05, 0.1) is 12.5 Å². The monoisotopic (exact) mass is 328 g/mol. The van der Waals surface area contributed by atoms with Crippen molar-refractivity contribution in [1.29, 1.82) is 0 Å². The molecule has 132 valence electrons. The Morgan fingerprint density at radius 2 is 1.87 bits per heavy atom. The normalized spacial score (nSPS) is 20.6. The third kappa shape index (κ3) is 5.82. The van der Waals surface area contributed by atoms with Crippen LogP contribution >= 0.6 is 0 Å². The second-order valence-corrected chi connectivity index (χ2v) is 5.81. The van der Waals surface area contributed by atoms with Gasteiger partial charge >= 0.3 is 5.97 Å². The first-order valence-corrected chi connectivity index (χ1v) is 8.24. The van der Waals surface area contributed by atoms with Gasteiger partial charge in [-0.05, 0) is 26.7 Å². The first-order valence-electron chi connectivity index (χ1n) is 8.24. The van der Waals surface area contributed by atoms with Gasteiger partial charge in [0.15, 0.2) is 0 Å². The molecule has 1 fully saturated rings. The van der Waals surface area contributed by atoms with Crippen LogP contribution in [0.2, 0.25) is 0 Å². The van der Waals surface area contributed by atoms with E-state index < -0.39 is 5.97 Å². The Kier molecular flexibility index (Phi) is 8.02. The number of likely N-dealkylation sites (tertiary alicyclic amines) is 1. The smallest absolute Gasteiger partial charge is 0.305 e. The highest BCUT2D eigenvalue weighted by Gasteiger charge is 2.36. The van der Waals surface area contributed by atoms with Crippen molar-refractivity contribution in [3.05, 3.63) is 0 Å². The van der Waals surface area contributed by atoms with Crippen molar-refractivity contribution < 1.29 is 24.2 Å². The van der Waals surface area contributed by atoms with E-state index in [1.807, 2.05) is 13.8 Å².